The van der Waals surface area contributed by atoms with E-state index < -0.39 is 29.8 Å². The van der Waals surface area contributed by atoms with Crippen LogP contribution < -0.4 is 15.0 Å². The molecule has 0 aliphatic carbocycles. The number of hydrogen-bond acceptors (Lipinski definition) is 5. The predicted molar refractivity (Wildman–Crippen MR) is 92.6 cm³/mol. The van der Waals surface area contributed by atoms with Crippen molar-refractivity contribution >= 4 is 17.6 Å². The molecule has 2 aromatic rings. The lowest BCUT2D eigenvalue weighted by Crippen LogP contribution is -2.30. The van der Waals surface area contributed by atoms with Gasteiger partial charge in [0.1, 0.15) is 18.7 Å². The summed E-state index contributed by atoms with van der Waals surface area (Å²) in [5.74, 6) is -0.0421. The van der Waals surface area contributed by atoms with Crippen molar-refractivity contribution in [2.45, 2.75) is 25.7 Å². The highest BCUT2D eigenvalue weighted by Crippen LogP contribution is 2.38. The number of aromatic nitrogens is 1. The number of carbonyl (C=O) groups is 1. The molecule has 0 N–H and O–H groups in total. The zero-order chi connectivity index (χ0) is 20.3. The first-order valence-corrected chi connectivity index (χ1v) is 8.64. The van der Waals surface area contributed by atoms with Crippen LogP contribution in [0.2, 0.25) is 5.02 Å². The molecule has 1 aromatic carbocycles. The van der Waals surface area contributed by atoms with E-state index in [2.05, 4.69) is 0 Å². The van der Waals surface area contributed by atoms with Gasteiger partial charge in [-0.15, -0.1) is 0 Å². The van der Waals surface area contributed by atoms with Gasteiger partial charge in [0.2, 0.25) is 0 Å². The molecule has 1 aliphatic heterocycles. The van der Waals surface area contributed by atoms with Crippen molar-refractivity contribution in [3.05, 3.63) is 57.0 Å². The van der Waals surface area contributed by atoms with Gasteiger partial charge in [-0.3, -0.25) is 9.59 Å². The van der Waals surface area contributed by atoms with Gasteiger partial charge in [-0.1, -0.05) is 11.6 Å². The van der Waals surface area contributed by atoms with Crippen molar-refractivity contribution in [2.24, 2.45) is 0 Å². The largest absolute Gasteiger partial charge is 0.489 e. The van der Waals surface area contributed by atoms with Crippen molar-refractivity contribution in [1.29, 1.82) is 0 Å². The van der Waals surface area contributed by atoms with E-state index in [1.54, 1.807) is 12.1 Å². The first-order valence-electron chi connectivity index (χ1n) is 8.26. The van der Waals surface area contributed by atoms with Gasteiger partial charge >= 0.3 is 12.1 Å². The summed E-state index contributed by atoms with van der Waals surface area (Å²) in [6, 6.07) is 4.85. The first kappa shape index (κ1) is 20.1. The standard InChI is InChI=1S/C18H15ClF3NO5/c19-13-7-11(8-14-16(13)27-6-2-5-26-14)10-28-15(24)9-23-4-1-3-12(17(23)25)18(20,21)22/h1,3-4,7-8H,2,5-6,9-10H2. The van der Waals surface area contributed by atoms with Crippen molar-refractivity contribution in [1.82, 2.24) is 4.57 Å². The third-order valence-electron chi connectivity index (χ3n) is 3.89. The normalized spacial score (nSPS) is 13.7. The maximum absolute atomic E-state index is 12.8. The molecule has 0 spiro atoms. The number of fused-ring (bicyclic) bond motifs is 1. The van der Waals surface area contributed by atoms with E-state index in [1.807, 2.05) is 0 Å². The number of benzene rings is 1. The number of pyridine rings is 1. The Labute approximate surface area is 162 Å². The molecule has 2 heterocycles. The second-order valence-corrected chi connectivity index (χ2v) is 6.38. The number of hydrogen-bond donors (Lipinski definition) is 0. The molecule has 0 fully saturated rings. The quantitative estimate of drug-likeness (QED) is 0.713. The second-order valence-electron chi connectivity index (χ2n) is 5.97. The van der Waals surface area contributed by atoms with Crippen LogP contribution in [0.5, 0.6) is 11.5 Å². The summed E-state index contributed by atoms with van der Waals surface area (Å²) in [5.41, 5.74) is -2.15. The van der Waals surface area contributed by atoms with Gasteiger partial charge < -0.3 is 18.8 Å². The fourth-order valence-electron chi connectivity index (χ4n) is 2.59. The maximum atomic E-state index is 12.8. The SMILES string of the molecule is O=C(Cn1cccc(C(F)(F)F)c1=O)OCc1cc(Cl)c2c(c1)OCCCO2. The third-order valence-corrected chi connectivity index (χ3v) is 4.17. The highest BCUT2D eigenvalue weighted by Gasteiger charge is 2.34. The van der Waals surface area contributed by atoms with E-state index >= 15 is 0 Å². The number of halogens is 4. The zero-order valence-corrected chi connectivity index (χ0v) is 15.2. The van der Waals surface area contributed by atoms with Gasteiger partial charge in [0.15, 0.2) is 11.5 Å². The van der Waals surface area contributed by atoms with Crippen LogP contribution in [-0.2, 0) is 28.9 Å². The minimum atomic E-state index is -4.80. The van der Waals surface area contributed by atoms with Crippen molar-refractivity contribution in [3.8, 4) is 11.5 Å². The van der Waals surface area contributed by atoms with Crippen LogP contribution >= 0.6 is 11.6 Å². The average molecular weight is 418 g/mol. The number of carbonyl (C=O) groups excluding carboxylic acids is 1. The van der Waals surface area contributed by atoms with Crippen LogP contribution in [-0.4, -0.2) is 23.8 Å². The Bertz CT molecular complexity index is 942. The first-order chi connectivity index (χ1) is 13.3. The maximum Gasteiger partial charge on any atom is 0.421 e. The molecule has 3 rings (SSSR count). The van der Waals surface area contributed by atoms with Crippen molar-refractivity contribution in [2.75, 3.05) is 13.2 Å². The molecule has 0 atom stereocenters. The number of esters is 1. The predicted octanol–water partition coefficient (Wildman–Crippen LogP) is 3.43. The Morgan fingerprint density at radius 2 is 2.00 bits per heavy atom. The second kappa shape index (κ2) is 8.14. The van der Waals surface area contributed by atoms with Gasteiger partial charge in [-0.2, -0.15) is 13.2 Å². The Hall–Kier alpha value is -2.68. The summed E-state index contributed by atoms with van der Waals surface area (Å²) < 4.78 is 55.1. The number of ether oxygens (including phenoxy) is 3. The van der Waals surface area contributed by atoms with E-state index in [-0.39, 0.29) is 6.61 Å². The van der Waals surface area contributed by atoms with Gasteiger partial charge in [0.25, 0.3) is 5.56 Å². The Kier molecular flexibility index (Phi) is 5.83. The smallest absolute Gasteiger partial charge is 0.421 e. The molecule has 10 heteroatoms. The Morgan fingerprint density at radius 1 is 1.25 bits per heavy atom. The highest BCUT2D eigenvalue weighted by molar-refractivity contribution is 6.32. The number of alkyl halides is 3. The summed E-state index contributed by atoms with van der Waals surface area (Å²) >= 11 is 6.15. The topological polar surface area (TPSA) is 66.8 Å². The summed E-state index contributed by atoms with van der Waals surface area (Å²) in [6.45, 7) is 0.0712. The van der Waals surface area contributed by atoms with E-state index in [4.69, 9.17) is 25.8 Å². The van der Waals surface area contributed by atoms with Crippen LogP contribution in [0.25, 0.3) is 0 Å². The zero-order valence-electron chi connectivity index (χ0n) is 14.4. The molecule has 0 saturated carbocycles. The van der Waals surface area contributed by atoms with Crippen LogP contribution in [0.15, 0.2) is 35.3 Å². The van der Waals surface area contributed by atoms with E-state index in [1.165, 1.54) is 0 Å². The molecule has 0 bridgehead atoms. The highest BCUT2D eigenvalue weighted by atomic mass is 35.5. The fraction of sp³-hybridized carbons (Fsp3) is 0.333. The minimum absolute atomic E-state index is 0.192. The van der Waals surface area contributed by atoms with E-state index in [0.29, 0.717) is 52.4 Å². The summed E-state index contributed by atoms with van der Waals surface area (Å²) in [5, 5.41) is 0.291. The Balaban J connectivity index is 1.68. The molecular weight excluding hydrogens is 403 g/mol. The minimum Gasteiger partial charge on any atom is -0.489 e. The van der Waals surface area contributed by atoms with Gasteiger partial charge in [-0.25, -0.2) is 0 Å². The van der Waals surface area contributed by atoms with Crippen LogP contribution in [0.3, 0.4) is 0 Å². The molecule has 1 aromatic heterocycles. The number of nitrogens with zero attached hydrogens (tertiary/aromatic N) is 1. The molecule has 0 amide bonds. The van der Waals surface area contributed by atoms with Crippen LogP contribution in [0.4, 0.5) is 13.2 Å². The lowest BCUT2D eigenvalue weighted by Gasteiger charge is -2.13. The van der Waals surface area contributed by atoms with Gasteiger partial charge in [0.05, 0.1) is 18.2 Å². The molecule has 28 heavy (non-hydrogen) atoms. The third kappa shape index (κ3) is 4.59. The molecule has 0 radical (unpaired) electrons. The lowest BCUT2D eigenvalue weighted by atomic mass is 10.2. The van der Waals surface area contributed by atoms with Crippen molar-refractivity contribution < 1.29 is 32.2 Å². The van der Waals surface area contributed by atoms with Crippen molar-refractivity contribution in [3.63, 3.8) is 0 Å². The molecule has 6 nitrogen and oxygen atoms in total. The van der Waals surface area contributed by atoms with Gasteiger partial charge in [0, 0.05) is 12.6 Å². The van der Waals surface area contributed by atoms with Crippen LogP contribution in [0.1, 0.15) is 17.5 Å². The molecular formula is C18H15ClF3NO5. The summed E-state index contributed by atoms with van der Waals surface area (Å²) in [7, 11) is 0. The van der Waals surface area contributed by atoms with E-state index in [0.717, 1.165) is 12.3 Å². The summed E-state index contributed by atoms with van der Waals surface area (Å²) in [4.78, 5) is 23.8. The fourth-order valence-corrected chi connectivity index (χ4v) is 2.88. The molecule has 1 aliphatic rings. The van der Waals surface area contributed by atoms with Gasteiger partial charge in [-0.05, 0) is 29.8 Å². The molecule has 0 saturated heterocycles. The number of rotatable bonds is 4. The lowest BCUT2D eigenvalue weighted by molar-refractivity contribution is -0.146. The van der Waals surface area contributed by atoms with Crippen LogP contribution in [0, 0.1) is 0 Å². The summed E-state index contributed by atoms with van der Waals surface area (Å²) in [6.07, 6.45) is -3.02. The Morgan fingerprint density at radius 3 is 2.75 bits per heavy atom. The average Bonchev–Trinajstić information content (AvgIpc) is 2.86. The monoisotopic (exact) mass is 417 g/mol. The van der Waals surface area contributed by atoms with E-state index in [9.17, 15) is 22.8 Å². The molecule has 0 unspecified atom stereocenters. The molecule has 150 valence electrons.